The Kier molecular flexibility index (Phi) is 5.69. The lowest BCUT2D eigenvalue weighted by Gasteiger charge is -2.36. The van der Waals surface area contributed by atoms with E-state index in [0.29, 0.717) is 23.0 Å². The molecule has 30 heavy (non-hydrogen) atoms. The summed E-state index contributed by atoms with van der Waals surface area (Å²) in [7, 11) is 3.22. The van der Waals surface area contributed by atoms with Crippen molar-refractivity contribution in [1.82, 2.24) is 15.0 Å². The van der Waals surface area contributed by atoms with Crippen LogP contribution in [-0.4, -0.2) is 55.4 Å². The van der Waals surface area contributed by atoms with Crippen molar-refractivity contribution in [3.05, 3.63) is 48.9 Å². The van der Waals surface area contributed by atoms with E-state index in [9.17, 15) is 0 Å². The minimum Gasteiger partial charge on any atom is -0.497 e. The fourth-order valence-electron chi connectivity index (χ4n) is 3.46. The highest BCUT2D eigenvalue weighted by Crippen LogP contribution is 2.34. The van der Waals surface area contributed by atoms with Crippen molar-refractivity contribution in [2.75, 3.05) is 61.2 Å². The number of anilines is 5. The summed E-state index contributed by atoms with van der Waals surface area (Å²) >= 11 is 0. The molecule has 2 aromatic heterocycles. The molecule has 0 atom stereocenters. The minimum atomic E-state index is 0.502. The highest BCUT2D eigenvalue weighted by Gasteiger charge is 2.22. The first kappa shape index (κ1) is 19.6. The lowest BCUT2D eigenvalue weighted by molar-refractivity contribution is 0.395. The molecule has 0 aliphatic carbocycles. The van der Waals surface area contributed by atoms with Crippen LogP contribution in [0.25, 0.3) is 0 Å². The Hall–Kier alpha value is -3.75. The number of methoxy groups -OCH3 is 2. The van der Waals surface area contributed by atoms with Gasteiger partial charge in [0.25, 0.3) is 0 Å². The number of aromatic nitrogens is 3. The number of rotatable bonds is 6. The molecule has 156 valence electrons. The van der Waals surface area contributed by atoms with Crippen LogP contribution in [0.4, 0.5) is 28.8 Å². The van der Waals surface area contributed by atoms with Gasteiger partial charge in [-0.15, -0.1) is 0 Å². The van der Waals surface area contributed by atoms with E-state index in [1.807, 2.05) is 36.5 Å². The molecule has 3 aromatic rings. The van der Waals surface area contributed by atoms with Crippen LogP contribution >= 0.6 is 0 Å². The van der Waals surface area contributed by atoms with Gasteiger partial charge in [0.1, 0.15) is 29.3 Å². The lowest BCUT2D eigenvalue weighted by atomic mass is 10.2. The number of piperazine rings is 1. The Morgan fingerprint density at radius 3 is 2.43 bits per heavy atom. The summed E-state index contributed by atoms with van der Waals surface area (Å²) in [6.07, 6.45) is 3.34. The third-order valence-corrected chi connectivity index (χ3v) is 5.08. The molecule has 4 rings (SSSR count). The standard InChI is InChI=1S/C21H25N7O2/c1-29-15-6-7-16(17(13-15)30-2)26-20-19(22)21(25-14-24-20)28-11-9-27(10-12-28)18-5-3-4-8-23-18/h3-8,13-14H,9-12,22H2,1-2H3,(H,24,25,26). The predicted molar refractivity (Wildman–Crippen MR) is 118 cm³/mol. The first-order valence-electron chi connectivity index (χ1n) is 9.70. The molecular weight excluding hydrogens is 382 g/mol. The molecule has 1 aliphatic rings. The van der Waals surface area contributed by atoms with Crippen molar-refractivity contribution in [3.8, 4) is 11.5 Å². The van der Waals surface area contributed by atoms with Crippen LogP contribution in [0.5, 0.6) is 11.5 Å². The number of nitrogens with one attached hydrogen (secondary N) is 1. The number of nitrogens with two attached hydrogens (primary N) is 1. The van der Waals surface area contributed by atoms with Crippen LogP contribution < -0.4 is 30.3 Å². The lowest BCUT2D eigenvalue weighted by Crippen LogP contribution is -2.47. The first-order chi connectivity index (χ1) is 14.7. The summed E-state index contributed by atoms with van der Waals surface area (Å²) in [4.78, 5) is 17.6. The molecule has 3 N–H and O–H groups in total. The Labute approximate surface area is 175 Å². The maximum atomic E-state index is 6.43. The van der Waals surface area contributed by atoms with Crippen molar-refractivity contribution in [1.29, 1.82) is 0 Å². The summed E-state index contributed by atoms with van der Waals surface area (Å²) in [5.41, 5.74) is 7.68. The number of ether oxygens (including phenoxy) is 2. The van der Waals surface area contributed by atoms with Gasteiger partial charge in [-0.2, -0.15) is 0 Å². The quantitative estimate of drug-likeness (QED) is 0.638. The zero-order valence-electron chi connectivity index (χ0n) is 17.1. The van der Waals surface area contributed by atoms with Crippen LogP contribution in [0.15, 0.2) is 48.9 Å². The zero-order valence-corrected chi connectivity index (χ0v) is 17.1. The fraction of sp³-hybridized carbons (Fsp3) is 0.286. The van der Waals surface area contributed by atoms with Crippen molar-refractivity contribution in [2.24, 2.45) is 0 Å². The number of hydrogen-bond donors (Lipinski definition) is 2. The van der Waals surface area contributed by atoms with Gasteiger partial charge < -0.3 is 30.3 Å². The topological polar surface area (TPSA) is 102 Å². The van der Waals surface area contributed by atoms with Crippen LogP contribution in [0.3, 0.4) is 0 Å². The molecule has 3 heterocycles. The molecule has 0 bridgehead atoms. The maximum absolute atomic E-state index is 6.43. The van der Waals surface area contributed by atoms with Gasteiger partial charge in [0.2, 0.25) is 0 Å². The van der Waals surface area contributed by atoms with Crippen molar-refractivity contribution in [2.45, 2.75) is 0 Å². The Balaban J connectivity index is 1.50. The van der Waals surface area contributed by atoms with Crippen molar-refractivity contribution in [3.63, 3.8) is 0 Å². The molecule has 0 amide bonds. The van der Waals surface area contributed by atoms with E-state index >= 15 is 0 Å². The van der Waals surface area contributed by atoms with Crippen molar-refractivity contribution < 1.29 is 9.47 Å². The average molecular weight is 407 g/mol. The maximum Gasteiger partial charge on any atom is 0.159 e. The number of nitrogen functional groups attached to an aromatic ring is 1. The van der Waals surface area contributed by atoms with E-state index in [1.54, 1.807) is 20.3 Å². The van der Waals surface area contributed by atoms with Gasteiger partial charge in [-0.3, -0.25) is 0 Å². The molecule has 1 aromatic carbocycles. The third kappa shape index (κ3) is 4.00. The summed E-state index contributed by atoms with van der Waals surface area (Å²) < 4.78 is 10.7. The largest absolute Gasteiger partial charge is 0.497 e. The molecule has 0 saturated carbocycles. The second-order valence-electron chi connectivity index (χ2n) is 6.81. The normalized spacial score (nSPS) is 13.8. The fourth-order valence-corrected chi connectivity index (χ4v) is 3.46. The van der Waals surface area contributed by atoms with Gasteiger partial charge in [-0.05, 0) is 24.3 Å². The number of nitrogens with zero attached hydrogens (tertiary/aromatic N) is 5. The molecule has 1 saturated heterocycles. The van der Waals surface area contributed by atoms with Gasteiger partial charge in [0.15, 0.2) is 11.6 Å². The first-order valence-corrected chi connectivity index (χ1v) is 9.70. The number of benzene rings is 1. The van der Waals surface area contributed by atoms with E-state index in [4.69, 9.17) is 15.2 Å². The summed E-state index contributed by atoms with van der Waals surface area (Å²) in [5, 5.41) is 3.25. The number of pyridine rings is 1. The molecule has 1 fully saturated rings. The SMILES string of the molecule is COc1ccc(Nc2ncnc(N3CCN(c4ccccn4)CC3)c2N)c(OC)c1. The van der Waals surface area contributed by atoms with Gasteiger partial charge in [0, 0.05) is 38.4 Å². The summed E-state index contributed by atoms with van der Waals surface area (Å²) in [6, 6.07) is 11.5. The second-order valence-corrected chi connectivity index (χ2v) is 6.81. The van der Waals surface area contributed by atoms with E-state index in [1.165, 1.54) is 6.33 Å². The zero-order chi connectivity index (χ0) is 20.9. The molecule has 0 radical (unpaired) electrons. The van der Waals surface area contributed by atoms with E-state index in [2.05, 4.69) is 30.1 Å². The molecule has 9 heteroatoms. The molecule has 0 spiro atoms. The van der Waals surface area contributed by atoms with Gasteiger partial charge in [-0.1, -0.05) is 6.07 Å². The smallest absolute Gasteiger partial charge is 0.159 e. The second kappa shape index (κ2) is 8.73. The van der Waals surface area contributed by atoms with Crippen LogP contribution in [0.1, 0.15) is 0 Å². The van der Waals surface area contributed by atoms with Crippen LogP contribution in [0.2, 0.25) is 0 Å². The Bertz CT molecular complexity index is 992. The van der Waals surface area contributed by atoms with Gasteiger partial charge in [0.05, 0.1) is 19.9 Å². The minimum absolute atomic E-state index is 0.502. The average Bonchev–Trinajstić information content (AvgIpc) is 2.81. The Morgan fingerprint density at radius 1 is 0.933 bits per heavy atom. The van der Waals surface area contributed by atoms with Crippen LogP contribution in [-0.2, 0) is 0 Å². The van der Waals surface area contributed by atoms with E-state index in [0.717, 1.165) is 43.5 Å². The predicted octanol–water partition coefficient (Wildman–Crippen LogP) is 2.54. The molecule has 0 unspecified atom stereocenters. The summed E-state index contributed by atoms with van der Waals surface area (Å²) in [5.74, 6) is 3.59. The molecule has 9 nitrogen and oxygen atoms in total. The highest BCUT2D eigenvalue weighted by atomic mass is 16.5. The van der Waals surface area contributed by atoms with Gasteiger partial charge >= 0.3 is 0 Å². The monoisotopic (exact) mass is 407 g/mol. The summed E-state index contributed by atoms with van der Waals surface area (Å²) in [6.45, 7) is 3.28. The van der Waals surface area contributed by atoms with Crippen LogP contribution in [0, 0.1) is 0 Å². The van der Waals surface area contributed by atoms with E-state index < -0.39 is 0 Å². The third-order valence-electron chi connectivity index (χ3n) is 5.08. The number of hydrogen-bond acceptors (Lipinski definition) is 9. The van der Waals surface area contributed by atoms with Crippen molar-refractivity contribution >= 4 is 28.8 Å². The Morgan fingerprint density at radius 2 is 1.73 bits per heavy atom. The molecule has 1 aliphatic heterocycles. The van der Waals surface area contributed by atoms with E-state index in [-0.39, 0.29) is 0 Å². The van der Waals surface area contributed by atoms with Gasteiger partial charge in [-0.25, -0.2) is 15.0 Å². The molecular formula is C21H25N7O2. The highest BCUT2D eigenvalue weighted by molar-refractivity contribution is 5.80.